The van der Waals surface area contributed by atoms with Crippen molar-refractivity contribution < 1.29 is 81.1 Å². The van der Waals surface area contributed by atoms with Crippen LogP contribution in [0.1, 0.15) is 87.7 Å². The predicted octanol–water partition coefficient (Wildman–Crippen LogP) is 22.0. The molecule has 0 aliphatic rings. The molecular formula is C100H105Cl3N8O17. The third kappa shape index (κ3) is 23.8. The third-order valence-corrected chi connectivity index (χ3v) is 20.2. The van der Waals surface area contributed by atoms with Crippen LogP contribution in [0.2, 0.25) is 0 Å². The highest BCUT2D eigenvalue weighted by Gasteiger charge is 2.20. The van der Waals surface area contributed by atoms with E-state index in [0.29, 0.717) is 74.5 Å². The van der Waals surface area contributed by atoms with Crippen LogP contribution in [0.5, 0.6) is 63.4 Å². The molecular weight excluding hydrogens is 1690 g/mol. The Balaban J connectivity index is 0.000000218. The molecule has 0 saturated heterocycles. The number of ether oxygens (including phenoxy) is 12. The van der Waals surface area contributed by atoms with Crippen LogP contribution in [0.25, 0.3) is 110 Å². The number of nitrogens with zero attached hydrogens (tertiary/aromatic N) is 6. The first kappa shape index (κ1) is 101. The fourth-order valence-electron chi connectivity index (χ4n) is 13.9. The fourth-order valence-corrected chi connectivity index (χ4v) is 13.9. The SMILES string of the molecule is C.CNC(=O)c1ccc(-c2cc3cc(OC)c(OC)cc3c(C)n2)cc1.COc1cc2cc(-c3ccc(C(=O)O)cc3)nc(C)c2cc1OC.COc1cc2cc(-c3ccc(C(=O)OC(C)C)cc3)nc(C)c2cc1OC.COc1cc2cc(-c3cccc(NC(C)=O)c3)nc(C)c2cc1OC.COc1ccc(-c2cc3cc(OC)c(OC)cc3c(C)n2)cn1.Cl.Cl.Cl. The van der Waals surface area contributed by atoms with E-state index in [2.05, 4.69) is 25.6 Å². The normalized spacial score (nSPS) is 10.3. The van der Waals surface area contributed by atoms with E-state index < -0.39 is 5.97 Å². The number of aromatic carboxylic acids is 1. The summed E-state index contributed by atoms with van der Waals surface area (Å²) in [6.45, 7) is 15.0. The third-order valence-electron chi connectivity index (χ3n) is 20.2. The zero-order chi connectivity index (χ0) is 89.2. The molecule has 0 atom stereocenters. The van der Waals surface area contributed by atoms with Crippen molar-refractivity contribution >= 4 is 121 Å². The van der Waals surface area contributed by atoms with Gasteiger partial charge in [0.25, 0.3) is 5.91 Å². The minimum Gasteiger partial charge on any atom is -0.493 e. The van der Waals surface area contributed by atoms with Crippen LogP contribution >= 0.6 is 37.2 Å². The highest BCUT2D eigenvalue weighted by Crippen LogP contribution is 2.41. The van der Waals surface area contributed by atoms with Crippen LogP contribution in [-0.2, 0) is 9.53 Å². The van der Waals surface area contributed by atoms with Crippen molar-refractivity contribution in [3.05, 3.63) is 252 Å². The van der Waals surface area contributed by atoms with Crippen molar-refractivity contribution in [2.45, 2.75) is 68.9 Å². The van der Waals surface area contributed by atoms with Crippen molar-refractivity contribution in [3.8, 4) is 120 Å². The second kappa shape index (κ2) is 46.1. The van der Waals surface area contributed by atoms with E-state index >= 15 is 0 Å². The Hall–Kier alpha value is -14.3. The molecule has 0 spiro atoms. The van der Waals surface area contributed by atoms with Gasteiger partial charge in [-0.2, -0.15) is 0 Å². The standard InChI is InChI=1S/C22H23NO4.2C20H20N2O3.C19H17NO4.C18H18N2O3.CH4.3ClH/c1-13(2)27-22(24)16-8-6-15(7-9-16)19-10-17-11-20(25-4)21(26-5)12-18(17)14(3)23-19;1-12-16-11-19(25-4)18(24-3)10-15(16)9-17(22-12)13-5-7-14(8-6-13)20(23)21-2;1-12-17-11-20(25-4)19(24-3)10-15(17)9-18(21-12)14-6-5-7-16(8-14)22-13(2)23;1-11-15-10-18(24-3)17(23-2)9-14(15)8-16(20-11)12-4-6-13(7-5-12)19(21)22;1-11-14-9-17(22-3)16(21-2)8-13(14)7-15(20-11)12-5-6-18(23-4)19-10-12;;;;/h6-13H,1-5H3;5-11H,1-4H3,(H,21,23);5-11H,1-4H3,(H,22,23);4-10H,1-3H3,(H,21,22);5-10H,1-4H3;1H4;3*1H. The maximum Gasteiger partial charge on any atom is 0.338 e. The summed E-state index contributed by atoms with van der Waals surface area (Å²) in [4.78, 5) is 73.6. The molecule has 128 heavy (non-hydrogen) atoms. The summed E-state index contributed by atoms with van der Waals surface area (Å²) in [5.41, 5.74) is 15.4. The minimum atomic E-state index is -0.943. The number of carbonyl (C=O) groups is 4. The summed E-state index contributed by atoms with van der Waals surface area (Å²) < 4.78 is 64.1. The van der Waals surface area contributed by atoms with Crippen molar-refractivity contribution in [3.63, 3.8) is 0 Å². The second-order valence-corrected chi connectivity index (χ2v) is 28.5. The zero-order valence-corrected chi connectivity index (χ0v) is 76.5. The molecule has 0 unspecified atom stereocenters. The number of fused-ring (bicyclic) bond motifs is 5. The number of amides is 2. The molecule has 25 nitrogen and oxygen atoms in total. The van der Waals surface area contributed by atoms with Gasteiger partial charge in [0.1, 0.15) is 0 Å². The maximum absolute atomic E-state index is 12.0. The first-order valence-corrected chi connectivity index (χ1v) is 39.2. The number of hydrogen-bond acceptors (Lipinski definition) is 22. The van der Waals surface area contributed by atoms with E-state index in [1.54, 1.807) is 140 Å². The van der Waals surface area contributed by atoms with E-state index in [0.717, 1.165) is 144 Å². The Morgan fingerprint density at radius 1 is 0.336 bits per heavy atom. The number of aryl methyl sites for hydroxylation is 5. The van der Waals surface area contributed by atoms with E-state index in [4.69, 9.17) is 76.9 Å². The minimum absolute atomic E-state index is 0. The van der Waals surface area contributed by atoms with Gasteiger partial charge < -0.3 is 72.6 Å². The number of hydrogen-bond donors (Lipinski definition) is 3. The smallest absolute Gasteiger partial charge is 0.338 e. The number of aromatic nitrogens is 6. The van der Waals surface area contributed by atoms with Gasteiger partial charge in [0.05, 0.1) is 124 Å². The number of carboxylic acid groups (broad SMARTS) is 1. The number of methoxy groups -OCH3 is 11. The summed E-state index contributed by atoms with van der Waals surface area (Å²) in [7, 11) is 19.4. The quantitative estimate of drug-likeness (QED) is 0.0563. The zero-order valence-electron chi connectivity index (χ0n) is 74.1. The van der Waals surface area contributed by atoms with Gasteiger partial charge in [0, 0.05) is 121 Å². The molecule has 3 N–H and O–H groups in total. The van der Waals surface area contributed by atoms with Gasteiger partial charge >= 0.3 is 11.9 Å². The van der Waals surface area contributed by atoms with Crippen LogP contribution in [-0.4, -0.2) is 150 Å². The summed E-state index contributed by atoms with van der Waals surface area (Å²) >= 11 is 0. The molecule has 0 fully saturated rings. The van der Waals surface area contributed by atoms with Gasteiger partial charge in [-0.15, -0.1) is 37.2 Å². The summed E-state index contributed by atoms with van der Waals surface area (Å²) in [6, 6.07) is 62.2. The number of carbonyl (C=O) groups excluding carboxylic acids is 3. The number of pyridine rings is 6. The highest BCUT2D eigenvalue weighted by molar-refractivity contribution is 5.98. The molecule has 6 aromatic heterocycles. The predicted molar refractivity (Wildman–Crippen MR) is 513 cm³/mol. The van der Waals surface area contributed by atoms with Crippen LogP contribution < -0.4 is 62.7 Å². The van der Waals surface area contributed by atoms with Gasteiger partial charge in [0.15, 0.2) is 57.5 Å². The fraction of sp³-hybridized carbons (Fsp3) is 0.220. The van der Waals surface area contributed by atoms with Gasteiger partial charge in [-0.3, -0.25) is 34.5 Å². The van der Waals surface area contributed by atoms with Crippen molar-refractivity contribution in [1.29, 1.82) is 0 Å². The molecule has 2 amide bonds. The number of esters is 1. The first-order valence-electron chi connectivity index (χ1n) is 39.2. The van der Waals surface area contributed by atoms with Crippen LogP contribution in [0.4, 0.5) is 5.69 Å². The molecule has 668 valence electrons. The van der Waals surface area contributed by atoms with E-state index in [1.807, 2.05) is 200 Å². The first-order chi connectivity index (χ1) is 59.7. The lowest BCUT2D eigenvalue weighted by molar-refractivity contribution is -0.114. The Morgan fingerprint density at radius 2 is 0.617 bits per heavy atom. The molecule has 9 aromatic carbocycles. The highest BCUT2D eigenvalue weighted by atomic mass is 35.5. The molecule has 15 rings (SSSR count). The van der Waals surface area contributed by atoms with E-state index in [-0.39, 0.29) is 74.1 Å². The van der Waals surface area contributed by atoms with Gasteiger partial charge in [-0.25, -0.2) is 14.6 Å². The number of anilines is 1. The number of carboxylic acids is 1. The van der Waals surface area contributed by atoms with E-state index in [9.17, 15) is 19.2 Å². The second-order valence-electron chi connectivity index (χ2n) is 28.5. The Morgan fingerprint density at radius 3 is 0.883 bits per heavy atom. The monoisotopic (exact) mass is 1790 g/mol. The number of nitrogens with one attached hydrogen (secondary N) is 2. The Labute approximate surface area is 763 Å². The lowest BCUT2D eigenvalue weighted by Gasteiger charge is -2.12. The van der Waals surface area contributed by atoms with Gasteiger partial charge in [-0.05, 0) is 221 Å². The van der Waals surface area contributed by atoms with Crippen molar-refractivity contribution in [2.75, 3.05) is 90.6 Å². The lowest BCUT2D eigenvalue weighted by atomic mass is 10.0. The lowest BCUT2D eigenvalue weighted by Crippen LogP contribution is -2.17. The van der Waals surface area contributed by atoms with Crippen LogP contribution in [0.15, 0.2) is 206 Å². The summed E-state index contributed by atoms with van der Waals surface area (Å²) in [5.74, 6) is 5.90. The molecule has 0 aliphatic heterocycles. The average molecular weight is 1800 g/mol. The molecule has 0 aliphatic carbocycles. The maximum atomic E-state index is 12.0. The molecule has 15 aromatic rings. The Kier molecular flexibility index (Phi) is 36.3. The summed E-state index contributed by atoms with van der Waals surface area (Å²) in [6.07, 6.45) is 1.61. The molecule has 6 heterocycles. The van der Waals surface area contributed by atoms with E-state index in [1.165, 1.54) is 6.92 Å². The number of halogens is 3. The Bertz CT molecular complexity index is 6450. The number of rotatable bonds is 21. The largest absolute Gasteiger partial charge is 0.493 e. The molecule has 0 saturated carbocycles. The van der Waals surface area contributed by atoms with Crippen molar-refractivity contribution in [1.82, 2.24) is 35.2 Å². The number of benzene rings is 9. The molecule has 0 radical (unpaired) electrons. The molecule has 0 bridgehead atoms. The van der Waals surface area contributed by atoms with Gasteiger partial charge in [-0.1, -0.05) is 56.0 Å². The van der Waals surface area contributed by atoms with Crippen LogP contribution in [0, 0.1) is 34.6 Å². The topological polar surface area (TPSA) is 301 Å². The molecule has 28 heteroatoms. The summed E-state index contributed by atoms with van der Waals surface area (Å²) in [5, 5.41) is 24.6. The van der Waals surface area contributed by atoms with Crippen LogP contribution in [0.3, 0.4) is 0 Å². The van der Waals surface area contributed by atoms with Crippen molar-refractivity contribution in [2.24, 2.45) is 0 Å². The average Bonchev–Trinajstić information content (AvgIpc) is 0.803. The van der Waals surface area contributed by atoms with Gasteiger partial charge in [0.2, 0.25) is 11.8 Å².